The molecule has 0 aromatic heterocycles. The van der Waals surface area contributed by atoms with Gasteiger partial charge in [-0.3, -0.25) is 0 Å². The maximum absolute atomic E-state index is 16.8. The van der Waals surface area contributed by atoms with E-state index in [9.17, 15) is 22.0 Å². The van der Waals surface area contributed by atoms with Crippen LogP contribution in [0.25, 0.3) is 54.2 Å². The van der Waals surface area contributed by atoms with Gasteiger partial charge in [-0.05, 0) is 27.8 Å². The molecule has 0 atom stereocenters. The average Bonchev–Trinajstić information content (AvgIpc) is 3.19. The van der Waals surface area contributed by atoms with Crippen LogP contribution in [-0.2, 0) is 0 Å². The second-order valence-corrected chi connectivity index (χ2v) is 12.5. The molecular formula is C38H7BF18. The third-order valence-corrected chi connectivity index (χ3v) is 9.74. The maximum atomic E-state index is 16.8. The normalized spacial score (nSPS) is 12.0. The molecule has 0 nitrogen and oxygen atoms in total. The van der Waals surface area contributed by atoms with Crippen molar-refractivity contribution in [2.45, 2.75) is 0 Å². The van der Waals surface area contributed by atoms with Crippen LogP contribution >= 0.6 is 0 Å². The molecule has 0 aliphatic carbocycles. The number of hydrogen-bond donors (Lipinski definition) is 0. The third-order valence-electron chi connectivity index (χ3n) is 9.74. The van der Waals surface area contributed by atoms with Crippen molar-refractivity contribution in [2.75, 3.05) is 0 Å². The van der Waals surface area contributed by atoms with Gasteiger partial charge in [-0.2, -0.15) is 0 Å². The van der Waals surface area contributed by atoms with Crippen LogP contribution in [0.5, 0.6) is 0 Å². The molecule has 0 saturated carbocycles. The van der Waals surface area contributed by atoms with Crippen molar-refractivity contribution in [2.24, 2.45) is 0 Å². The molecule has 0 saturated heterocycles. The SMILES string of the molecule is Fc1c(F)c(F)c(-c2c(F)c(F)c(F)c(F)c2B(c2c(F)c(F)c3c(F)c(F)c4c(F)ccc5ccc2c3c54)c2cccc3c(F)c(F)c(F)c(F)c23)c(F)c1F. The van der Waals surface area contributed by atoms with Gasteiger partial charge in [0.25, 0.3) is 6.71 Å². The Hall–Kier alpha value is -6.14. The van der Waals surface area contributed by atoms with E-state index in [1.54, 1.807) is 0 Å². The van der Waals surface area contributed by atoms with E-state index in [1.165, 1.54) is 0 Å². The lowest BCUT2D eigenvalue weighted by Crippen LogP contribution is -2.57. The molecule has 0 unspecified atom stereocenters. The van der Waals surface area contributed by atoms with E-state index in [0.29, 0.717) is 30.3 Å². The lowest BCUT2D eigenvalue weighted by molar-refractivity contribution is 0.379. The summed E-state index contributed by atoms with van der Waals surface area (Å²) in [6, 6.07) is 4.53. The van der Waals surface area contributed by atoms with E-state index in [4.69, 9.17) is 0 Å². The Morgan fingerprint density at radius 2 is 0.737 bits per heavy atom. The van der Waals surface area contributed by atoms with E-state index < -0.39 is 177 Å². The molecule has 288 valence electrons. The van der Waals surface area contributed by atoms with Gasteiger partial charge in [0.2, 0.25) is 5.82 Å². The van der Waals surface area contributed by atoms with Crippen LogP contribution < -0.4 is 16.4 Å². The molecule has 19 heteroatoms. The van der Waals surface area contributed by atoms with E-state index in [1.807, 2.05) is 0 Å². The molecule has 0 heterocycles. The zero-order valence-electron chi connectivity index (χ0n) is 26.9. The van der Waals surface area contributed by atoms with Crippen LogP contribution in [-0.4, -0.2) is 6.71 Å². The summed E-state index contributed by atoms with van der Waals surface area (Å²) in [5.74, 6) is -47.6. The molecule has 0 N–H and O–H groups in total. The summed E-state index contributed by atoms with van der Waals surface area (Å²) in [6.45, 7) is -3.33. The standard InChI is InChI=1S/C38H7BF18/c40-12-7-5-8-4-6-9-15-13(8)16(12)24(43)26(45)18(15)27(46)30(49)20(9)39(11-3-1-2-10-14(11)23(42)33(52)32(51)22(10)41)21-17(25(44)34(53)37(56)31(21)50)19-28(47)35(54)38(57)36(55)29(19)48/h1-7H. The minimum Gasteiger partial charge on any atom is -0.206 e. The number of benzene rings is 8. The topological polar surface area (TPSA) is 0 Å². The Balaban J connectivity index is 1.71. The highest BCUT2D eigenvalue weighted by atomic mass is 19.2. The van der Waals surface area contributed by atoms with E-state index in [2.05, 4.69) is 0 Å². The monoisotopic (exact) mass is 816 g/mol. The molecule has 0 fully saturated rings. The predicted molar refractivity (Wildman–Crippen MR) is 170 cm³/mol. The first kappa shape index (κ1) is 37.8. The van der Waals surface area contributed by atoms with Gasteiger partial charge in [0.05, 0.1) is 16.3 Å². The summed E-state index contributed by atoms with van der Waals surface area (Å²) >= 11 is 0. The van der Waals surface area contributed by atoms with Gasteiger partial charge < -0.3 is 0 Å². The second-order valence-electron chi connectivity index (χ2n) is 12.5. The van der Waals surface area contributed by atoms with Crippen LogP contribution in [0.2, 0.25) is 0 Å². The van der Waals surface area contributed by atoms with Crippen LogP contribution in [0.15, 0.2) is 42.5 Å². The predicted octanol–water partition coefficient (Wildman–Crippen LogP) is 10.4. The number of halogens is 18. The molecule has 57 heavy (non-hydrogen) atoms. The summed E-state index contributed by atoms with van der Waals surface area (Å²) in [7, 11) is 0. The minimum atomic E-state index is -3.33. The number of fused-ring (bicyclic) bond motifs is 1. The van der Waals surface area contributed by atoms with Gasteiger partial charge in [0.1, 0.15) is 5.82 Å². The van der Waals surface area contributed by atoms with E-state index in [0.717, 1.165) is 12.1 Å². The number of rotatable bonds is 4. The van der Waals surface area contributed by atoms with E-state index in [-0.39, 0.29) is 5.39 Å². The molecule has 0 aliphatic heterocycles. The fourth-order valence-electron chi connectivity index (χ4n) is 7.36. The summed E-state index contributed by atoms with van der Waals surface area (Å²) in [5, 5.41) is -9.00. The number of hydrogen-bond acceptors (Lipinski definition) is 0. The summed E-state index contributed by atoms with van der Waals surface area (Å²) in [4.78, 5) is 0. The lowest BCUT2D eigenvalue weighted by atomic mass is 9.34. The van der Waals surface area contributed by atoms with Crippen molar-refractivity contribution in [1.29, 1.82) is 0 Å². The van der Waals surface area contributed by atoms with Crippen molar-refractivity contribution in [3.63, 3.8) is 0 Å². The maximum Gasteiger partial charge on any atom is 0.251 e. The molecule has 8 aromatic carbocycles. The summed E-state index contributed by atoms with van der Waals surface area (Å²) in [6.07, 6.45) is 0. The van der Waals surface area contributed by atoms with Gasteiger partial charge in [-0.1, -0.05) is 41.9 Å². The molecule has 0 amide bonds. The van der Waals surface area contributed by atoms with Crippen molar-refractivity contribution < 1.29 is 79.0 Å². The van der Waals surface area contributed by atoms with Crippen LogP contribution in [0.3, 0.4) is 0 Å². The zero-order chi connectivity index (χ0) is 41.4. The quantitative estimate of drug-likeness (QED) is 0.0546. The van der Waals surface area contributed by atoms with Crippen LogP contribution in [0, 0.1) is 105 Å². The van der Waals surface area contributed by atoms with Crippen molar-refractivity contribution in [3.8, 4) is 11.1 Å². The average molecular weight is 816 g/mol. The lowest BCUT2D eigenvalue weighted by Gasteiger charge is -2.26. The molecule has 0 radical (unpaired) electrons. The Kier molecular flexibility index (Phi) is 8.41. The highest BCUT2D eigenvalue weighted by molar-refractivity contribution is 6.99. The van der Waals surface area contributed by atoms with Crippen molar-refractivity contribution >= 4 is 66.2 Å². The van der Waals surface area contributed by atoms with Gasteiger partial charge in [-0.15, -0.1) is 0 Å². The fraction of sp³-hybridized carbons (Fsp3) is 0. The van der Waals surface area contributed by atoms with Crippen LogP contribution in [0.1, 0.15) is 0 Å². The minimum absolute atomic E-state index is 0.265. The molecule has 0 bridgehead atoms. The van der Waals surface area contributed by atoms with Gasteiger partial charge in [-0.25, -0.2) is 79.0 Å². The first-order valence-electron chi connectivity index (χ1n) is 15.6. The van der Waals surface area contributed by atoms with E-state index >= 15 is 57.1 Å². The first-order valence-corrected chi connectivity index (χ1v) is 15.6. The highest BCUT2D eigenvalue weighted by Gasteiger charge is 2.43. The first-order chi connectivity index (χ1) is 26.8. The van der Waals surface area contributed by atoms with Crippen molar-refractivity contribution in [1.82, 2.24) is 0 Å². The van der Waals surface area contributed by atoms with Gasteiger partial charge in [0.15, 0.2) is 93.1 Å². The Morgan fingerprint density at radius 3 is 1.37 bits per heavy atom. The van der Waals surface area contributed by atoms with Crippen molar-refractivity contribution in [3.05, 3.63) is 147 Å². The smallest absolute Gasteiger partial charge is 0.206 e. The molecule has 8 aromatic rings. The molecule has 0 spiro atoms. The summed E-state index contributed by atoms with van der Waals surface area (Å²) in [5.41, 5.74) is -10.5. The van der Waals surface area contributed by atoms with Gasteiger partial charge in [0, 0.05) is 27.1 Å². The fourth-order valence-corrected chi connectivity index (χ4v) is 7.36. The highest BCUT2D eigenvalue weighted by Crippen LogP contribution is 2.42. The summed E-state index contributed by atoms with van der Waals surface area (Å²) < 4.78 is 277. The third kappa shape index (κ3) is 4.83. The molecule has 8 rings (SSSR count). The van der Waals surface area contributed by atoms with Gasteiger partial charge >= 0.3 is 0 Å². The Labute approximate surface area is 303 Å². The molecule has 0 aliphatic rings. The van der Waals surface area contributed by atoms with Crippen LogP contribution in [0.4, 0.5) is 79.0 Å². The Bertz CT molecular complexity index is 3090. The second kappa shape index (κ2) is 12.7. The Morgan fingerprint density at radius 1 is 0.281 bits per heavy atom. The zero-order valence-corrected chi connectivity index (χ0v) is 26.9. The largest absolute Gasteiger partial charge is 0.251 e. The molecular weight excluding hydrogens is 809 g/mol.